The van der Waals surface area contributed by atoms with Gasteiger partial charge in [-0.2, -0.15) is 0 Å². The molecule has 8 N–H and O–H groups in total. The maximum Gasteiger partial charge on any atom is 0.240 e. The zero-order chi connectivity index (χ0) is 30.4. The van der Waals surface area contributed by atoms with Gasteiger partial charge in [-0.05, 0) is 32.1 Å². The van der Waals surface area contributed by atoms with E-state index in [-0.39, 0.29) is 17.8 Å². The van der Waals surface area contributed by atoms with E-state index in [1.54, 1.807) is 0 Å². The molecule has 0 radical (unpaired) electrons. The molecule has 0 aromatic rings. The molecule has 0 saturated heterocycles. The molecule has 0 fully saturated rings. The lowest BCUT2D eigenvalue weighted by Gasteiger charge is -2.15. The normalized spacial score (nSPS) is 11.6. The van der Waals surface area contributed by atoms with E-state index in [4.69, 9.17) is 17.2 Å². The van der Waals surface area contributed by atoms with Gasteiger partial charge in [0.1, 0.15) is 6.04 Å². The van der Waals surface area contributed by atoms with E-state index in [1.165, 1.54) is 96.3 Å². The highest BCUT2D eigenvalue weighted by Gasteiger charge is 2.17. The number of hydrogen-bond donors (Lipinski definition) is 5. The van der Waals surface area contributed by atoms with Crippen molar-refractivity contribution in [2.45, 2.75) is 167 Å². The number of rotatable bonds is 30. The van der Waals surface area contributed by atoms with Crippen LogP contribution in [-0.4, -0.2) is 42.8 Å². The summed E-state index contributed by atoms with van der Waals surface area (Å²) in [6.07, 6.45) is 26.9. The number of guanidine groups is 1. The zero-order valence-electron chi connectivity index (χ0n) is 26.4. The van der Waals surface area contributed by atoms with Crippen molar-refractivity contribution < 1.29 is 14.4 Å². The maximum absolute atomic E-state index is 12.1. The fraction of sp³-hybridized carbons (Fsp3) is 0.875. The lowest BCUT2D eigenvalue weighted by molar-refractivity contribution is -0.127. The van der Waals surface area contributed by atoms with E-state index in [2.05, 4.69) is 22.5 Å². The van der Waals surface area contributed by atoms with Gasteiger partial charge < -0.3 is 27.8 Å². The highest BCUT2D eigenvalue weighted by Crippen LogP contribution is 2.14. The minimum absolute atomic E-state index is 0.00347. The molecule has 240 valence electrons. The molecule has 0 heterocycles. The van der Waals surface area contributed by atoms with Gasteiger partial charge in [-0.15, -0.1) is 0 Å². The Balaban J connectivity index is 3.49. The van der Waals surface area contributed by atoms with E-state index in [9.17, 15) is 14.4 Å². The molecule has 0 aliphatic rings. The summed E-state index contributed by atoms with van der Waals surface area (Å²) < 4.78 is 0. The van der Waals surface area contributed by atoms with Gasteiger partial charge in [-0.3, -0.25) is 19.4 Å². The first-order valence-corrected chi connectivity index (χ1v) is 16.8. The van der Waals surface area contributed by atoms with Crippen molar-refractivity contribution in [1.82, 2.24) is 10.6 Å². The third-order valence-corrected chi connectivity index (χ3v) is 7.53. The summed E-state index contributed by atoms with van der Waals surface area (Å²) in [5.74, 6) is -0.645. The summed E-state index contributed by atoms with van der Waals surface area (Å²) >= 11 is 0. The number of nitrogens with one attached hydrogen (secondary N) is 2. The molecule has 9 heteroatoms. The number of aliphatic imine (C=N–C) groups is 1. The smallest absolute Gasteiger partial charge is 0.240 e. The Morgan fingerprint density at radius 1 is 0.585 bits per heavy atom. The molecular weight excluding hydrogens is 516 g/mol. The number of hydrogen-bond acceptors (Lipinski definition) is 4. The molecule has 0 spiro atoms. The van der Waals surface area contributed by atoms with Gasteiger partial charge in [-0.1, -0.05) is 116 Å². The van der Waals surface area contributed by atoms with Crippen LogP contribution < -0.4 is 27.8 Å². The first-order valence-electron chi connectivity index (χ1n) is 16.8. The lowest BCUT2D eigenvalue weighted by atomic mass is 10.0. The van der Waals surface area contributed by atoms with Gasteiger partial charge in [0, 0.05) is 25.9 Å². The van der Waals surface area contributed by atoms with Crippen molar-refractivity contribution in [2.75, 3.05) is 13.1 Å². The van der Waals surface area contributed by atoms with E-state index < -0.39 is 11.9 Å². The second kappa shape index (κ2) is 29.2. The number of primary amides is 1. The highest BCUT2D eigenvalue weighted by molar-refractivity contribution is 5.86. The van der Waals surface area contributed by atoms with Crippen molar-refractivity contribution in [2.24, 2.45) is 22.2 Å². The van der Waals surface area contributed by atoms with Crippen LogP contribution in [0.4, 0.5) is 0 Å². The molecule has 0 bridgehead atoms. The fourth-order valence-corrected chi connectivity index (χ4v) is 4.97. The van der Waals surface area contributed by atoms with Crippen LogP contribution in [0.5, 0.6) is 0 Å². The molecule has 41 heavy (non-hydrogen) atoms. The van der Waals surface area contributed by atoms with Crippen LogP contribution in [0.25, 0.3) is 0 Å². The van der Waals surface area contributed by atoms with E-state index in [0.29, 0.717) is 45.2 Å². The largest absolute Gasteiger partial charge is 0.370 e. The van der Waals surface area contributed by atoms with E-state index >= 15 is 0 Å². The Bertz CT molecular complexity index is 682. The van der Waals surface area contributed by atoms with E-state index in [0.717, 1.165) is 25.7 Å². The van der Waals surface area contributed by atoms with Crippen molar-refractivity contribution in [1.29, 1.82) is 0 Å². The standard InChI is InChI=1S/C32H64N6O3/c1-2-3-4-5-6-7-8-9-10-11-12-13-14-15-16-17-19-24-29(39)36-26-21-18-20-25-30(40)38-28(31(33)41)23-22-27-37-32(34)35/h28H,2-27H2,1H3,(H2,33,41)(H,36,39)(H,38,40)(H4,34,35,37)/t28-/m0/s1. The molecular formula is C32H64N6O3. The molecule has 3 amide bonds. The summed E-state index contributed by atoms with van der Waals surface area (Å²) in [7, 11) is 0. The minimum atomic E-state index is -0.717. The van der Waals surface area contributed by atoms with E-state index in [1.807, 2.05) is 0 Å². The Morgan fingerprint density at radius 3 is 1.49 bits per heavy atom. The third-order valence-electron chi connectivity index (χ3n) is 7.53. The second-order valence-electron chi connectivity index (χ2n) is 11.5. The van der Waals surface area contributed by atoms with Crippen LogP contribution in [-0.2, 0) is 14.4 Å². The Morgan fingerprint density at radius 2 is 1.02 bits per heavy atom. The predicted molar refractivity (Wildman–Crippen MR) is 171 cm³/mol. The first kappa shape index (κ1) is 38.7. The molecule has 0 saturated carbocycles. The first-order chi connectivity index (χ1) is 19.9. The molecule has 0 aliphatic heterocycles. The van der Waals surface area contributed by atoms with Crippen molar-refractivity contribution >= 4 is 23.7 Å². The third kappa shape index (κ3) is 29.0. The minimum Gasteiger partial charge on any atom is -0.370 e. The van der Waals surface area contributed by atoms with Crippen molar-refractivity contribution in [3.8, 4) is 0 Å². The topological polar surface area (TPSA) is 166 Å². The second-order valence-corrected chi connectivity index (χ2v) is 11.5. The fourth-order valence-electron chi connectivity index (χ4n) is 4.97. The predicted octanol–water partition coefficient (Wildman–Crippen LogP) is 5.73. The summed E-state index contributed by atoms with van der Waals surface area (Å²) in [6.45, 7) is 3.29. The van der Waals surface area contributed by atoms with Gasteiger partial charge in [0.2, 0.25) is 17.7 Å². The highest BCUT2D eigenvalue weighted by atomic mass is 16.2. The molecule has 0 unspecified atom stereocenters. The Hall–Kier alpha value is -2.32. The number of unbranched alkanes of at least 4 members (excludes halogenated alkanes) is 18. The summed E-state index contributed by atoms with van der Waals surface area (Å²) in [6, 6.07) is -0.717. The Labute approximate surface area is 251 Å². The SMILES string of the molecule is CCCCCCCCCCCCCCCCCCCC(=O)NCCCCCC(=O)N[C@@H](CCCN=C(N)N)C(N)=O. The molecule has 0 rings (SSSR count). The number of nitrogens with two attached hydrogens (primary N) is 3. The molecule has 1 atom stereocenters. The van der Waals surface area contributed by atoms with Crippen LogP contribution in [0.3, 0.4) is 0 Å². The van der Waals surface area contributed by atoms with Gasteiger partial charge in [0.05, 0.1) is 0 Å². The van der Waals surface area contributed by atoms with Crippen molar-refractivity contribution in [3.05, 3.63) is 0 Å². The summed E-state index contributed by atoms with van der Waals surface area (Å²) in [5, 5.41) is 5.66. The van der Waals surface area contributed by atoms with Crippen LogP contribution in [0.2, 0.25) is 0 Å². The van der Waals surface area contributed by atoms with Crippen molar-refractivity contribution in [3.63, 3.8) is 0 Å². The van der Waals surface area contributed by atoms with Gasteiger partial charge in [0.25, 0.3) is 0 Å². The number of amides is 3. The summed E-state index contributed by atoms with van der Waals surface area (Å²) in [4.78, 5) is 39.6. The average molecular weight is 581 g/mol. The van der Waals surface area contributed by atoms with Crippen LogP contribution in [0.15, 0.2) is 4.99 Å². The molecule has 9 nitrogen and oxygen atoms in total. The Kier molecular flexibility index (Phi) is 27.5. The quantitative estimate of drug-likeness (QED) is 0.0415. The zero-order valence-corrected chi connectivity index (χ0v) is 26.4. The number of nitrogens with zero attached hydrogens (tertiary/aromatic N) is 1. The van der Waals surface area contributed by atoms with Crippen LogP contribution in [0.1, 0.15) is 161 Å². The number of carbonyl (C=O) groups excluding carboxylic acids is 3. The van der Waals surface area contributed by atoms with Gasteiger partial charge in [-0.25, -0.2) is 0 Å². The maximum atomic E-state index is 12.1. The number of carbonyl (C=O) groups is 3. The van der Waals surface area contributed by atoms with Gasteiger partial charge in [0.15, 0.2) is 5.96 Å². The van der Waals surface area contributed by atoms with Crippen LogP contribution >= 0.6 is 0 Å². The molecule has 0 aromatic heterocycles. The summed E-state index contributed by atoms with van der Waals surface area (Å²) in [5.41, 5.74) is 15.9. The average Bonchev–Trinajstić information content (AvgIpc) is 2.93. The monoisotopic (exact) mass is 581 g/mol. The van der Waals surface area contributed by atoms with Gasteiger partial charge >= 0.3 is 0 Å². The lowest BCUT2D eigenvalue weighted by Crippen LogP contribution is -2.44. The molecule has 0 aromatic carbocycles. The van der Waals surface area contributed by atoms with Crippen LogP contribution in [0, 0.1) is 0 Å². The molecule has 0 aliphatic carbocycles.